The maximum Gasteiger partial charge on any atom is 0.354 e. The summed E-state index contributed by atoms with van der Waals surface area (Å²) in [7, 11) is 0. The molecular formula is C11H12N2O4. The Labute approximate surface area is 97.8 Å². The Morgan fingerprint density at radius 3 is 3.06 bits per heavy atom. The number of aromatic carboxylic acids is 1. The van der Waals surface area contributed by atoms with E-state index in [4.69, 9.17) is 9.84 Å². The molecule has 1 aliphatic rings. The third-order valence-corrected chi connectivity index (χ3v) is 2.46. The quantitative estimate of drug-likeness (QED) is 0.807. The fraction of sp³-hybridized carbons (Fsp3) is 0.364. The number of ether oxygens (including phenoxy) is 1. The molecule has 2 heterocycles. The number of hydrogen-bond acceptors (Lipinski definition) is 4. The van der Waals surface area contributed by atoms with Gasteiger partial charge in [-0.1, -0.05) is 6.07 Å². The van der Waals surface area contributed by atoms with Gasteiger partial charge in [-0.2, -0.15) is 0 Å². The Balaban J connectivity index is 2.09. The smallest absolute Gasteiger partial charge is 0.354 e. The van der Waals surface area contributed by atoms with Crippen LogP contribution in [0.25, 0.3) is 0 Å². The van der Waals surface area contributed by atoms with Gasteiger partial charge in [0.1, 0.15) is 12.3 Å². The van der Waals surface area contributed by atoms with Gasteiger partial charge in [0.2, 0.25) is 5.91 Å². The highest BCUT2D eigenvalue weighted by Gasteiger charge is 2.19. The van der Waals surface area contributed by atoms with Gasteiger partial charge in [-0.3, -0.25) is 4.79 Å². The fourth-order valence-corrected chi connectivity index (χ4v) is 1.60. The van der Waals surface area contributed by atoms with Crippen LogP contribution in [-0.4, -0.2) is 46.6 Å². The summed E-state index contributed by atoms with van der Waals surface area (Å²) >= 11 is 0. The van der Waals surface area contributed by atoms with Gasteiger partial charge >= 0.3 is 5.97 Å². The number of carbonyl (C=O) groups excluding carboxylic acids is 1. The van der Waals surface area contributed by atoms with Crippen molar-refractivity contribution < 1.29 is 19.4 Å². The van der Waals surface area contributed by atoms with Crippen molar-refractivity contribution in [2.45, 2.75) is 6.54 Å². The summed E-state index contributed by atoms with van der Waals surface area (Å²) < 4.78 is 5.01. The van der Waals surface area contributed by atoms with Gasteiger partial charge in [0, 0.05) is 6.54 Å². The third kappa shape index (κ3) is 2.79. The molecule has 6 heteroatoms. The lowest BCUT2D eigenvalue weighted by atomic mass is 10.2. The van der Waals surface area contributed by atoms with E-state index in [1.165, 1.54) is 6.07 Å². The van der Waals surface area contributed by atoms with E-state index in [9.17, 15) is 9.59 Å². The number of rotatable bonds is 3. The first kappa shape index (κ1) is 11.5. The van der Waals surface area contributed by atoms with E-state index in [2.05, 4.69) is 4.98 Å². The van der Waals surface area contributed by atoms with Crippen molar-refractivity contribution in [1.82, 2.24) is 9.88 Å². The van der Waals surface area contributed by atoms with Crippen LogP contribution < -0.4 is 0 Å². The summed E-state index contributed by atoms with van der Waals surface area (Å²) in [5.41, 5.74) is 0.559. The molecule has 6 nitrogen and oxygen atoms in total. The summed E-state index contributed by atoms with van der Waals surface area (Å²) in [6.45, 7) is 1.42. The number of hydrogen-bond donors (Lipinski definition) is 1. The predicted molar refractivity (Wildman–Crippen MR) is 57.4 cm³/mol. The van der Waals surface area contributed by atoms with Gasteiger partial charge in [-0.05, 0) is 12.1 Å². The lowest BCUT2D eigenvalue weighted by Crippen LogP contribution is -2.41. The lowest BCUT2D eigenvalue weighted by Gasteiger charge is -2.26. The third-order valence-electron chi connectivity index (χ3n) is 2.46. The number of amides is 1. The zero-order valence-electron chi connectivity index (χ0n) is 9.13. The minimum Gasteiger partial charge on any atom is -0.477 e. The Hall–Kier alpha value is -1.95. The molecule has 0 bridgehead atoms. The Morgan fingerprint density at radius 1 is 1.53 bits per heavy atom. The normalized spacial score (nSPS) is 16.0. The number of morpholine rings is 1. The largest absolute Gasteiger partial charge is 0.477 e. The number of aromatic nitrogens is 1. The first-order chi connectivity index (χ1) is 8.16. The first-order valence-electron chi connectivity index (χ1n) is 5.21. The molecule has 0 unspecified atom stereocenters. The van der Waals surface area contributed by atoms with Crippen LogP contribution in [-0.2, 0) is 16.1 Å². The van der Waals surface area contributed by atoms with Crippen LogP contribution >= 0.6 is 0 Å². The molecule has 90 valence electrons. The lowest BCUT2D eigenvalue weighted by molar-refractivity contribution is -0.143. The molecule has 0 aromatic carbocycles. The molecule has 1 N–H and O–H groups in total. The molecule has 1 aliphatic heterocycles. The maximum atomic E-state index is 11.5. The SMILES string of the molecule is O=C(O)c1cccc(CN2CCOCC2=O)n1. The van der Waals surface area contributed by atoms with Crippen molar-refractivity contribution in [1.29, 1.82) is 0 Å². The number of carbonyl (C=O) groups is 2. The number of carboxylic acids is 1. The van der Waals surface area contributed by atoms with E-state index in [1.807, 2.05) is 0 Å². The van der Waals surface area contributed by atoms with Crippen LogP contribution in [0, 0.1) is 0 Å². The zero-order chi connectivity index (χ0) is 12.3. The average Bonchev–Trinajstić information content (AvgIpc) is 2.32. The van der Waals surface area contributed by atoms with Crippen LogP contribution in [0.3, 0.4) is 0 Å². The van der Waals surface area contributed by atoms with Crippen LogP contribution in [0.5, 0.6) is 0 Å². The standard InChI is InChI=1S/C11H12N2O4/c14-10-7-17-5-4-13(10)6-8-2-1-3-9(12-8)11(15)16/h1-3H,4-7H2,(H,15,16). The van der Waals surface area contributed by atoms with Gasteiger partial charge in [0.25, 0.3) is 0 Å². The van der Waals surface area contributed by atoms with E-state index >= 15 is 0 Å². The second kappa shape index (κ2) is 4.92. The van der Waals surface area contributed by atoms with Crippen molar-refractivity contribution in [2.24, 2.45) is 0 Å². The molecule has 1 aromatic heterocycles. The molecule has 0 aliphatic carbocycles. The van der Waals surface area contributed by atoms with Crippen LogP contribution in [0.1, 0.15) is 16.2 Å². The predicted octanol–water partition coefficient (Wildman–Crippen LogP) is 0.139. The summed E-state index contributed by atoms with van der Waals surface area (Å²) in [6, 6.07) is 4.75. The molecule has 0 radical (unpaired) electrons. The molecule has 1 saturated heterocycles. The summed E-state index contributed by atoms with van der Waals surface area (Å²) in [6.07, 6.45) is 0. The highest BCUT2D eigenvalue weighted by atomic mass is 16.5. The minimum atomic E-state index is -1.07. The van der Waals surface area contributed by atoms with E-state index in [-0.39, 0.29) is 18.2 Å². The number of pyridine rings is 1. The highest BCUT2D eigenvalue weighted by Crippen LogP contribution is 2.07. The van der Waals surface area contributed by atoms with Gasteiger partial charge in [-0.15, -0.1) is 0 Å². The van der Waals surface area contributed by atoms with Crippen LogP contribution in [0.4, 0.5) is 0 Å². The summed E-state index contributed by atoms with van der Waals surface area (Å²) in [5, 5.41) is 8.80. The molecule has 0 spiro atoms. The van der Waals surface area contributed by atoms with Crippen LogP contribution in [0.15, 0.2) is 18.2 Å². The molecule has 1 aromatic rings. The second-order valence-electron chi connectivity index (χ2n) is 3.69. The molecule has 0 atom stereocenters. The van der Waals surface area contributed by atoms with Gasteiger partial charge in [0.05, 0.1) is 18.8 Å². The van der Waals surface area contributed by atoms with Crippen molar-refractivity contribution in [2.75, 3.05) is 19.8 Å². The van der Waals surface area contributed by atoms with E-state index in [1.54, 1.807) is 17.0 Å². The molecule has 1 amide bonds. The molecule has 0 saturated carbocycles. The van der Waals surface area contributed by atoms with Gasteiger partial charge in [-0.25, -0.2) is 9.78 Å². The van der Waals surface area contributed by atoms with Crippen molar-refractivity contribution in [3.8, 4) is 0 Å². The molecule has 1 fully saturated rings. The van der Waals surface area contributed by atoms with E-state index < -0.39 is 5.97 Å². The minimum absolute atomic E-state index is 0.0109. The highest BCUT2D eigenvalue weighted by molar-refractivity contribution is 5.85. The zero-order valence-corrected chi connectivity index (χ0v) is 9.13. The Bertz CT molecular complexity index is 447. The van der Waals surface area contributed by atoms with E-state index in [0.29, 0.717) is 25.4 Å². The van der Waals surface area contributed by atoms with Crippen LogP contribution in [0.2, 0.25) is 0 Å². The second-order valence-corrected chi connectivity index (χ2v) is 3.69. The topological polar surface area (TPSA) is 79.7 Å². The van der Waals surface area contributed by atoms with Gasteiger partial charge < -0.3 is 14.7 Å². The fourth-order valence-electron chi connectivity index (χ4n) is 1.60. The van der Waals surface area contributed by atoms with E-state index in [0.717, 1.165) is 0 Å². The molecule has 2 rings (SSSR count). The first-order valence-corrected chi connectivity index (χ1v) is 5.21. The summed E-state index contributed by atoms with van der Waals surface area (Å²) in [4.78, 5) is 27.8. The van der Waals surface area contributed by atoms with Gasteiger partial charge in [0.15, 0.2) is 0 Å². The van der Waals surface area contributed by atoms with Crippen molar-refractivity contribution in [3.63, 3.8) is 0 Å². The summed E-state index contributed by atoms with van der Waals surface area (Å²) in [5.74, 6) is -1.17. The Kier molecular flexibility index (Phi) is 3.34. The number of nitrogens with zero attached hydrogens (tertiary/aromatic N) is 2. The van der Waals surface area contributed by atoms with Crippen molar-refractivity contribution in [3.05, 3.63) is 29.6 Å². The monoisotopic (exact) mass is 236 g/mol. The molecular weight excluding hydrogens is 224 g/mol. The number of carboxylic acid groups (broad SMARTS) is 1. The average molecular weight is 236 g/mol. The molecule has 17 heavy (non-hydrogen) atoms. The van der Waals surface area contributed by atoms with Crippen molar-refractivity contribution >= 4 is 11.9 Å². The maximum absolute atomic E-state index is 11.5. The Morgan fingerprint density at radius 2 is 2.35 bits per heavy atom.